The molecule has 1 amide bonds. The lowest BCUT2D eigenvalue weighted by Gasteiger charge is -2.12. The van der Waals surface area contributed by atoms with Crippen LogP contribution in [0.5, 0.6) is 11.5 Å². The molecule has 184 valence electrons. The average Bonchev–Trinajstić information content (AvgIpc) is 2.91. The first kappa shape index (κ1) is 24.6. The van der Waals surface area contributed by atoms with Crippen LogP contribution in [0.4, 0.5) is 0 Å². The van der Waals surface area contributed by atoms with Gasteiger partial charge in [0.2, 0.25) is 0 Å². The molecular weight excluding hydrogens is 509 g/mol. The molecule has 6 nitrogen and oxygen atoms in total. The molecule has 1 aromatic heterocycles. The first-order valence-corrected chi connectivity index (χ1v) is 12.2. The van der Waals surface area contributed by atoms with Crippen LogP contribution in [-0.2, 0) is 11.4 Å². The Labute approximate surface area is 223 Å². The molecule has 1 N–H and O–H groups in total. The minimum atomic E-state index is -0.420. The summed E-state index contributed by atoms with van der Waals surface area (Å²) in [5.74, 6) is 0.487. The predicted octanol–water partition coefficient (Wildman–Crippen LogP) is 6.80. The second-order valence-corrected chi connectivity index (χ2v) is 8.97. The molecule has 4 aromatic carbocycles. The number of hydrazone groups is 1. The van der Waals surface area contributed by atoms with E-state index in [1.807, 2.05) is 48.5 Å². The lowest BCUT2D eigenvalue weighted by atomic mass is 10.1. The molecule has 0 fully saturated rings. The summed E-state index contributed by atoms with van der Waals surface area (Å²) in [4.78, 5) is 16.5. The summed E-state index contributed by atoms with van der Waals surface area (Å²) in [5.41, 5.74) is 4.75. The van der Waals surface area contributed by atoms with Crippen molar-refractivity contribution in [3.63, 3.8) is 0 Å². The van der Waals surface area contributed by atoms with Gasteiger partial charge in [0.05, 0.1) is 16.3 Å². The number of benzene rings is 4. The Morgan fingerprint density at radius 3 is 2.49 bits per heavy atom. The van der Waals surface area contributed by atoms with Gasteiger partial charge in [-0.15, -0.1) is 0 Å². The molecule has 0 atom stereocenters. The molecule has 37 heavy (non-hydrogen) atoms. The highest BCUT2D eigenvalue weighted by atomic mass is 35.5. The highest BCUT2D eigenvalue weighted by Gasteiger charge is 2.11. The van der Waals surface area contributed by atoms with Crippen molar-refractivity contribution in [2.24, 2.45) is 5.10 Å². The number of pyridine rings is 1. The van der Waals surface area contributed by atoms with Crippen molar-refractivity contribution in [2.75, 3.05) is 6.61 Å². The zero-order chi connectivity index (χ0) is 25.6. The smallest absolute Gasteiger partial charge is 0.277 e. The van der Waals surface area contributed by atoms with E-state index in [4.69, 9.17) is 32.7 Å². The Balaban J connectivity index is 1.19. The van der Waals surface area contributed by atoms with Crippen molar-refractivity contribution in [3.8, 4) is 11.5 Å². The van der Waals surface area contributed by atoms with E-state index < -0.39 is 5.91 Å². The molecule has 0 radical (unpaired) electrons. The van der Waals surface area contributed by atoms with Crippen LogP contribution in [0, 0.1) is 0 Å². The number of nitrogens with one attached hydrogen (secondary N) is 1. The highest BCUT2D eigenvalue weighted by molar-refractivity contribution is 6.37. The van der Waals surface area contributed by atoms with Crippen molar-refractivity contribution in [2.45, 2.75) is 6.61 Å². The van der Waals surface area contributed by atoms with Crippen LogP contribution in [0.25, 0.3) is 21.7 Å². The van der Waals surface area contributed by atoms with Gasteiger partial charge in [-0.3, -0.25) is 9.78 Å². The lowest BCUT2D eigenvalue weighted by Crippen LogP contribution is -2.24. The Morgan fingerprint density at radius 1 is 0.892 bits per heavy atom. The van der Waals surface area contributed by atoms with Crippen molar-refractivity contribution in [1.29, 1.82) is 0 Å². The number of carbonyl (C=O) groups is 1. The van der Waals surface area contributed by atoms with Gasteiger partial charge in [-0.05, 0) is 46.2 Å². The van der Waals surface area contributed by atoms with Crippen LogP contribution < -0.4 is 14.9 Å². The van der Waals surface area contributed by atoms with Gasteiger partial charge in [0.15, 0.2) is 12.4 Å². The quantitative estimate of drug-likeness (QED) is 0.177. The van der Waals surface area contributed by atoms with Gasteiger partial charge in [0, 0.05) is 11.6 Å². The summed E-state index contributed by atoms with van der Waals surface area (Å²) in [5, 5.41) is 7.83. The van der Waals surface area contributed by atoms with E-state index >= 15 is 0 Å². The largest absolute Gasteiger partial charge is 0.486 e. The summed E-state index contributed by atoms with van der Waals surface area (Å²) in [6.45, 7) is 0.103. The summed E-state index contributed by atoms with van der Waals surface area (Å²) >= 11 is 12.9. The Hall–Kier alpha value is -4.13. The zero-order valence-corrected chi connectivity index (χ0v) is 21.0. The fraction of sp³-hybridized carbons (Fsp3) is 0.0690. The molecule has 8 heteroatoms. The number of halogens is 2. The number of ether oxygens (including phenoxy) is 2. The van der Waals surface area contributed by atoms with E-state index in [-0.39, 0.29) is 6.61 Å². The maximum Gasteiger partial charge on any atom is 0.277 e. The third-order valence-electron chi connectivity index (χ3n) is 5.63. The maximum absolute atomic E-state index is 12.2. The fourth-order valence-electron chi connectivity index (χ4n) is 3.91. The van der Waals surface area contributed by atoms with E-state index in [0.717, 1.165) is 21.7 Å². The second-order valence-electron chi connectivity index (χ2n) is 8.15. The minimum absolute atomic E-state index is 0.213. The lowest BCUT2D eigenvalue weighted by molar-refractivity contribution is -0.123. The number of para-hydroxylation sites is 1. The molecule has 0 aliphatic carbocycles. The van der Waals surface area contributed by atoms with Crippen LogP contribution in [0.1, 0.15) is 11.1 Å². The Kier molecular flexibility index (Phi) is 7.49. The molecule has 0 saturated carbocycles. The summed E-state index contributed by atoms with van der Waals surface area (Å²) in [6, 6.07) is 26.8. The second kappa shape index (κ2) is 11.3. The van der Waals surface area contributed by atoms with E-state index in [1.165, 1.54) is 6.21 Å². The number of amides is 1. The molecule has 5 aromatic rings. The molecule has 0 spiro atoms. The summed E-state index contributed by atoms with van der Waals surface area (Å²) in [7, 11) is 0. The third-order valence-corrected chi connectivity index (χ3v) is 6.19. The van der Waals surface area contributed by atoms with Gasteiger partial charge in [-0.1, -0.05) is 83.9 Å². The van der Waals surface area contributed by atoms with Crippen molar-refractivity contribution < 1.29 is 14.3 Å². The molecule has 0 aliphatic rings. The third kappa shape index (κ3) is 5.82. The first-order chi connectivity index (χ1) is 18.1. The number of nitrogens with zero attached hydrogens (tertiary/aromatic N) is 2. The van der Waals surface area contributed by atoms with Crippen molar-refractivity contribution in [3.05, 3.63) is 112 Å². The van der Waals surface area contributed by atoms with Gasteiger partial charge >= 0.3 is 0 Å². The number of rotatable bonds is 8. The first-order valence-electron chi connectivity index (χ1n) is 11.5. The van der Waals surface area contributed by atoms with Crippen molar-refractivity contribution >= 4 is 57.0 Å². The fourth-order valence-corrected chi connectivity index (χ4v) is 4.52. The van der Waals surface area contributed by atoms with Crippen molar-refractivity contribution in [1.82, 2.24) is 10.4 Å². The van der Waals surface area contributed by atoms with Gasteiger partial charge < -0.3 is 9.47 Å². The Morgan fingerprint density at radius 2 is 1.62 bits per heavy atom. The highest BCUT2D eigenvalue weighted by Crippen LogP contribution is 2.35. The standard InChI is InChI=1S/C29H21Cl2N3O3/c30-24-14-19(15-25(31)29(24)37-17-22-9-3-7-20-6-1-2-11-23(20)22)16-33-34-27(35)18-36-26-12-4-8-21-10-5-13-32-28(21)26/h1-16H,17-18H2,(H,34,35)/b33-16+. The van der Waals surface area contributed by atoms with E-state index in [1.54, 1.807) is 24.4 Å². The van der Waals surface area contributed by atoms with Crippen LogP contribution >= 0.6 is 23.2 Å². The molecule has 0 unspecified atom stereocenters. The van der Waals surface area contributed by atoms with E-state index in [2.05, 4.69) is 33.7 Å². The van der Waals surface area contributed by atoms with Crippen LogP contribution in [0.3, 0.4) is 0 Å². The summed E-state index contributed by atoms with van der Waals surface area (Å²) < 4.78 is 11.6. The molecule has 0 aliphatic heterocycles. The normalized spacial score (nSPS) is 11.2. The average molecular weight is 530 g/mol. The van der Waals surface area contributed by atoms with Gasteiger partial charge in [-0.25, -0.2) is 5.43 Å². The number of aromatic nitrogens is 1. The Bertz CT molecular complexity index is 1590. The van der Waals surface area contributed by atoms with Gasteiger partial charge in [-0.2, -0.15) is 5.10 Å². The number of hydrogen-bond acceptors (Lipinski definition) is 5. The molecule has 0 saturated heterocycles. The molecule has 5 rings (SSSR count). The maximum atomic E-state index is 12.2. The molecule has 1 heterocycles. The van der Waals surface area contributed by atoms with E-state index in [0.29, 0.717) is 39.2 Å². The van der Waals surface area contributed by atoms with Crippen LogP contribution in [0.2, 0.25) is 10.0 Å². The van der Waals surface area contributed by atoms with Gasteiger partial charge in [0.25, 0.3) is 5.91 Å². The van der Waals surface area contributed by atoms with E-state index in [9.17, 15) is 4.79 Å². The number of hydrogen-bond donors (Lipinski definition) is 1. The van der Waals surface area contributed by atoms with Crippen LogP contribution in [0.15, 0.2) is 96.2 Å². The summed E-state index contributed by atoms with van der Waals surface area (Å²) in [6.07, 6.45) is 3.12. The zero-order valence-electron chi connectivity index (χ0n) is 19.5. The SMILES string of the molecule is O=C(COc1cccc2cccnc12)N/N=C/c1cc(Cl)c(OCc2cccc3ccccc23)c(Cl)c1. The van der Waals surface area contributed by atoms with Gasteiger partial charge in [0.1, 0.15) is 17.9 Å². The number of carbonyl (C=O) groups excluding carboxylic acids is 1. The molecular formula is C29H21Cl2N3O3. The minimum Gasteiger partial charge on any atom is -0.486 e. The topological polar surface area (TPSA) is 72.8 Å². The number of fused-ring (bicyclic) bond motifs is 2. The monoisotopic (exact) mass is 529 g/mol. The molecule has 0 bridgehead atoms. The predicted molar refractivity (Wildman–Crippen MR) is 148 cm³/mol. The van der Waals surface area contributed by atoms with Crippen LogP contribution in [-0.4, -0.2) is 23.7 Å².